The van der Waals surface area contributed by atoms with Crippen LogP contribution in [0.5, 0.6) is 0 Å². The van der Waals surface area contributed by atoms with E-state index >= 15 is 0 Å². The van der Waals surface area contributed by atoms with Gasteiger partial charge in [0.05, 0.1) is 8.07 Å². The van der Waals surface area contributed by atoms with Crippen molar-refractivity contribution >= 4 is 31.0 Å². The Labute approximate surface area is 156 Å². The van der Waals surface area contributed by atoms with Crippen LogP contribution in [-0.2, 0) is 6.42 Å². The van der Waals surface area contributed by atoms with Gasteiger partial charge in [-0.1, -0.05) is 96.7 Å². The fourth-order valence-electron chi connectivity index (χ4n) is 5.12. The van der Waals surface area contributed by atoms with Crippen LogP contribution >= 0.6 is 0 Å². The van der Waals surface area contributed by atoms with Gasteiger partial charge in [0.15, 0.2) is 0 Å². The van der Waals surface area contributed by atoms with Crippen molar-refractivity contribution in [3.05, 3.63) is 93.7 Å². The van der Waals surface area contributed by atoms with Crippen molar-refractivity contribution in [2.24, 2.45) is 0 Å². The second kappa shape index (κ2) is 5.56. The molecule has 26 heavy (non-hydrogen) atoms. The van der Waals surface area contributed by atoms with E-state index in [0.717, 1.165) is 6.42 Å². The Morgan fingerprint density at radius 2 is 1.62 bits per heavy atom. The van der Waals surface area contributed by atoms with Crippen LogP contribution < -0.4 is 0 Å². The molecule has 0 aromatic heterocycles. The predicted octanol–water partition coefficient (Wildman–Crippen LogP) is 6.77. The molecule has 1 atom stereocenters. The molecule has 3 aromatic rings. The average Bonchev–Trinajstić information content (AvgIpc) is 3.22. The highest BCUT2D eigenvalue weighted by molar-refractivity contribution is 6.87. The van der Waals surface area contributed by atoms with Gasteiger partial charge in [-0.25, -0.2) is 0 Å². The van der Waals surface area contributed by atoms with Crippen molar-refractivity contribution in [1.82, 2.24) is 0 Å². The molecule has 128 valence electrons. The summed E-state index contributed by atoms with van der Waals surface area (Å²) in [6.07, 6.45) is 6.09. The van der Waals surface area contributed by atoms with Crippen molar-refractivity contribution in [2.75, 3.05) is 0 Å². The fraction of sp³-hybridized carbons (Fsp3) is 0.200. The van der Waals surface area contributed by atoms with Gasteiger partial charge in [-0.15, -0.1) is 0 Å². The van der Waals surface area contributed by atoms with E-state index in [1.165, 1.54) is 27.5 Å². The Morgan fingerprint density at radius 3 is 2.46 bits per heavy atom. The lowest BCUT2D eigenvalue weighted by molar-refractivity contribution is 1.06. The third kappa shape index (κ3) is 2.20. The SMILES string of the molecule is CC1=Cc2c(ccc3ccccc23)C1[Si](C)(C)C1=Cc2ccccc2C1. The molecule has 5 rings (SSSR count). The first-order valence-corrected chi connectivity index (χ1v) is 12.6. The zero-order valence-electron chi connectivity index (χ0n) is 15.7. The highest BCUT2D eigenvalue weighted by Gasteiger charge is 2.41. The summed E-state index contributed by atoms with van der Waals surface area (Å²) >= 11 is 0. The minimum atomic E-state index is -1.64. The van der Waals surface area contributed by atoms with Crippen molar-refractivity contribution in [1.29, 1.82) is 0 Å². The molecule has 0 aliphatic heterocycles. The Bertz CT molecular complexity index is 1100. The third-order valence-corrected chi connectivity index (χ3v) is 10.6. The molecule has 0 heterocycles. The first kappa shape index (κ1) is 15.8. The third-order valence-electron chi connectivity index (χ3n) is 6.46. The van der Waals surface area contributed by atoms with E-state index in [4.69, 9.17) is 0 Å². The van der Waals surface area contributed by atoms with E-state index in [-0.39, 0.29) is 0 Å². The van der Waals surface area contributed by atoms with E-state index in [1.54, 1.807) is 16.3 Å². The number of benzene rings is 3. The smallest absolute Gasteiger partial charge is 0.0750 e. The molecule has 0 fully saturated rings. The lowest BCUT2D eigenvalue weighted by Crippen LogP contribution is -2.38. The van der Waals surface area contributed by atoms with Crippen LogP contribution in [0.25, 0.3) is 22.9 Å². The van der Waals surface area contributed by atoms with Crippen LogP contribution in [-0.4, -0.2) is 8.07 Å². The van der Waals surface area contributed by atoms with Gasteiger partial charge in [0.2, 0.25) is 0 Å². The Hall–Kier alpha value is -2.38. The van der Waals surface area contributed by atoms with Crippen LogP contribution in [0.15, 0.2) is 71.4 Å². The molecule has 1 unspecified atom stereocenters. The summed E-state index contributed by atoms with van der Waals surface area (Å²) in [4.78, 5) is 0. The van der Waals surface area contributed by atoms with Gasteiger partial charge >= 0.3 is 0 Å². The summed E-state index contributed by atoms with van der Waals surface area (Å²) in [5.74, 6) is 0. The molecular weight excluding hydrogens is 328 g/mol. The second-order valence-electron chi connectivity index (χ2n) is 8.38. The van der Waals surface area contributed by atoms with E-state index in [0.29, 0.717) is 5.54 Å². The number of rotatable bonds is 2. The monoisotopic (exact) mass is 352 g/mol. The van der Waals surface area contributed by atoms with Gasteiger partial charge in [-0.3, -0.25) is 0 Å². The van der Waals surface area contributed by atoms with Crippen molar-refractivity contribution in [3.63, 3.8) is 0 Å². The summed E-state index contributed by atoms with van der Waals surface area (Å²) < 4.78 is 0. The Balaban J connectivity index is 1.62. The maximum Gasteiger partial charge on any atom is 0.0877 e. The van der Waals surface area contributed by atoms with Crippen molar-refractivity contribution in [2.45, 2.75) is 32.0 Å². The first-order valence-electron chi connectivity index (χ1n) is 9.54. The number of fused-ring (bicyclic) bond motifs is 4. The first-order chi connectivity index (χ1) is 12.6. The molecule has 0 spiro atoms. The number of allylic oxidation sites excluding steroid dienone is 2. The molecular formula is C25H24Si. The minimum Gasteiger partial charge on any atom is -0.0750 e. The summed E-state index contributed by atoms with van der Waals surface area (Å²) in [6.45, 7) is 7.48. The zero-order chi connectivity index (χ0) is 17.9. The van der Waals surface area contributed by atoms with Gasteiger partial charge < -0.3 is 0 Å². The normalized spacial score (nSPS) is 18.5. The average molecular weight is 353 g/mol. The second-order valence-corrected chi connectivity index (χ2v) is 13.0. The van der Waals surface area contributed by atoms with Gasteiger partial charge in [0.25, 0.3) is 0 Å². The predicted molar refractivity (Wildman–Crippen MR) is 116 cm³/mol. The Morgan fingerprint density at radius 1 is 0.846 bits per heavy atom. The summed E-state index contributed by atoms with van der Waals surface area (Å²) in [7, 11) is -1.64. The van der Waals surface area contributed by atoms with Crippen LogP contribution in [0.4, 0.5) is 0 Å². The summed E-state index contributed by atoms with van der Waals surface area (Å²) in [5, 5.41) is 4.45. The molecule has 0 bridgehead atoms. The highest BCUT2D eigenvalue weighted by Crippen LogP contribution is 2.48. The van der Waals surface area contributed by atoms with Crippen LogP contribution in [0.1, 0.15) is 34.7 Å². The standard InChI is InChI=1S/C25H24Si/c1-17-14-24-22-11-7-6-8-18(22)12-13-23(24)25(17)26(2,3)21-15-19-9-4-5-10-20(19)16-21/h4-15,25H,16H2,1-3H3. The lowest BCUT2D eigenvalue weighted by Gasteiger charge is -2.33. The number of hydrogen-bond acceptors (Lipinski definition) is 0. The molecule has 0 N–H and O–H groups in total. The van der Waals surface area contributed by atoms with Crippen LogP contribution in [0, 0.1) is 0 Å². The zero-order valence-corrected chi connectivity index (χ0v) is 16.7. The maximum atomic E-state index is 2.57. The minimum absolute atomic E-state index is 0.586. The lowest BCUT2D eigenvalue weighted by atomic mass is 10.0. The maximum absolute atomic E-state index is 2.57. The molecule has 0 radical (unpaired) electrons. The molecule has 0 saturated carbocycles. The summed E-state index contributed by atoms with van der Waals surface area (Å²) in [6, 6.07) is 22.4. The van der Waals surface area contributed by atoms with Gasteiger partial charge in [0.1, 0.15) is 0 Å². The topological polar surface area (TPSA) is 0 Å². The summed E-state index contributed by atoms with van der Waals surface area (Å²) in [5.41, 5.74) is 8.08. The molecule has 0 saturated heterocycles. The largest absolute Gasteiger partial charge is 0.0877 e. The molecule has 3 aromatic carbocycles. The van der Waals surface area contributed by atoms with Gasteiger partial charge in [-0.05, 0) is 46.4 Å². The van der Waals surface area contributed by atoms with Gasteiger partial charge in [0, 0.05) is 5.54 Å². The molecule has 1 heteroatoms. The molecule has 2 aliphatic carbocycles. The molecule has 0 amide bonds. The van der Waals surface area contributed by atoms with Crippen LogP contribution in [0.3, 0.4) is 0 Å². The van der Waals surface area contributed by atoms with Crippen molar-refractivity contribution < 1.29 is 0 Å². The van der Waals surface area contributed by atoms with Crippen LogP contribution in [0.2, 0.25) is 13.1 Å². The van der Waals surface area contributed by atoms with Crippen molar-refractivity contribution in [3.8, 4) is 0 Å². The quantitative estimate of drug-likeness (QED) is 0.447. The van der Waals surface area contributed by atoms with E-state index in [9.17, 15) is 0 Å². The fourth-order valence-corrected chi connectivity index (χ4v) is 8.91. The molecule has 0 nitrogen and oxygen atoms in total. The molecule has 2 aliphatic rings. The Kier molecular flexibility index (Phi) is 3.38. The van der Waals surface area contributed by atoms with E-state index < -0.39 is 8.07 Å². The highest BCUT2D eigenvalue weighted by atomic mass is 28.3. The number of hydrogen-bond donors (Lipinski definition) is 0. The van der Waals surface area contributed by atoms with E-state index in [1.807, 2.05) is 0 Å². The van der Waals surface area contributed by atoms with E-state index in [2.05, 4.69) is 92.8 Å². The van der Waals surface area contributed by atoms with Gasteiger partial charge in [-0.2, -0.15) is 0 Å².